The van der Waals surface area contributed by atoms with Crippen molar-refractivity contribution in [3.63, 3.8) is 0 Å². The summed E-state index contributed by atoms with van der Waals surface area (Å²) in [7, 11) is 0. The molecule has 20 heavy (non-hydrogen) atoms. The fraction of sp³-hybridized carbons (Fsp3) is 0.125. The van der Waals surface area contributed by atoms with Crippen LogP contribution in [0, 0.1) is 0 Å². The van der Waals surface area contributed by atoms with Gasteiger partial charge in [-0.05, 0) is 36.2 Å². The molecule has 100 valence electrons. The van der Waals surface area contributed by atoms with E-state index in [1.165, 1.54) is 12.0 Å². The number of benzene rings is 1. The highest BCUT2D eigenvalue weighted by atomic mass is 32.2. The maximum atomic E-state index is 5.47. The lowest BCUT2D eigenvalue weighted by Crippen LogP contribution is -1.83. The summed E-state index contributed by atoms with van der Waals surface area (Å²) in [6, 6.07) is 14.3. The van der Waals surface area contributed by atoms with Gasteiger partial charge in [0.05, 0.1) is 0 Å². The first-order valence-corrected chi connectivity index (χ1v) is 7.30. The van der Waals surface area contributed by atoms with Gasteiger partial charge in [0.25, 0.3) is 0 Å². The van der Waals surface area contributed by atoms with Crippen molar-refractivity contribution in [1.82, 2.24) is 9.97 Å². The zero-order valence-electron chi connectivity index (χ0n) is 11.1. The Morgan fingerprint density at radius 1 is 1.05 bits per heavy atom. The van der Waals surface area contributed by atoms with E-state index < -0.39 is 0 Å². The van der Waals surface area contributed by atoms with Gasteiger partial charge in [0.15, 0.2) is 12.2 Å². The van der Waals surface area contributed by atoms with E-state index in [0.29, 0.717) is 0 Å². The number of hydrogen-bond donors (Lipinski definition) is 0. The number of aromatic nitrogens is 2. The predicted molar refractivity (Wildman–Crippen MR) is 79.7 cm³/mol. The van der Waals surface area contributed by atoms with E-state index in [1.54, 1.807) is 18.0 Å². The molecule has 0 aliphatic carbocycles. The Bertz CT molecular complexity index is 677. The van der Waals surface area contributed by atoms with Gasteiger partial charge in [-0.25, -0.2) is 4.98 Å². The number of aryl methyl sites for hydroxylation is 1. The van der Waals surface area contributed by atoms with Crippen molar-refractivity contribution in [2.75, 3.05) is 0 Å². The zero-order valence-corrected chi connectivity index (χ0v) is 11.9. The molecule has 3 nitrogen and oxygen atoms in total. The quantitative estimate of drug-likeness (QED) is 0.708. The first kappa shape index (κ1) is 12.9. The molecule has 0 aliphatic rings. The minimum atomic E-state index is 0.718. The molecule has 4 heteroatoms. The van der Waals surface area contributed by atoms with Crippen LogP contribution in [0.5, 0.6) is 0 Å². The molecule has 0 saturated heterocycles. The van der Waals surface area contributed by atoms with Crippen LogP contribution in [0.1, 0.15) is 12.5 Å². The summed E-state index contributed by atoms with van der Waals surface area (Å²) in [5, 5.41) is 0.841. The van der Waals surface area contributed by atoms with Crippen LogP contribution in [-0.2, 0) is 6.42 Å². The third-order valence-electron chi connectivity index (χ3n) is 2.98. The van der Waals surface area contributed by atoms with Crippen molar-refractivity contribution >= 4 is 11.8 Å². The molecule has 3 rings (SSSR count). The van der Waals surface area contributed by atoms with Gasteiger partial charge in [0, 0.05) is 11.1 Å². The number of pyridine rings is 1. The monoisotopic (exact) mass is 282 g/mol. The van der Waals surface area contributed by atoms with Crippen LogP contribution in [0.2, 0.25) is 0 Å². The molecule has 0 amide bonds. The van der Waals surface area contributed by atoms with E-state index in [2.05, 4.69) is 41.2 Å². The lowest BCUT2D eigenvalue weighted by molar-refractivity contribution is 0.568. The molecule has 0 spiro atoms. The summed E-state index contributed by atoms with van der Waals surface area (Å²) in [6.07, 6.45) is 4.27. The Hall–Kier alpha value is -2.07. The summed E-state index contributed by atoms with van der Waals surface area (Å²) >= 11 is 1.59. The Kier molecular flexibility index (Phi) is 3.83. The second-order valence-electron chi connectivity index (χ2n) is 4.30. The fourth-order valence-corrected chi connectivity index (χ4v) is 2.72. The highest BCUT2D eigenvalue weighted by molar-refractivity contribution is 7.99. The average molecular weight is 282 g/mol. The molecule has 0 N–H and O–H groups in total. The van der Waals surface area contributed by atoms with Crippen LogP contribution in [-0.4, -0.2) is 9.97 Å². The molecule has 0 aliphatic heterocycles. The van der Waals surface area contributed by atoms with Gasteiger partial charge in [0.2, 0.25) is 0 Å². The number of nitrogens with zero attached hydrogens (tertiary/aromatic N) is 2. The molecule has 1 aromatic carbocycles. The van der Waals surface area contributed by atoms with Crippen LogP contribution >= 0.6 is 11.8 Å². The third-order valence-corrected chi connectivity index (χ3v) is 3.97. The molecule has 0 fully saturated rings. The lowest BCUT2D eigenvalue weighted by Gasteiger charge is -2.02. The molecule has 0 saturated carbocycles. The normalized spacial score (nSPS) is 10.7. The summed E-state index contributed by atoms with van der Waals surface area (Å²) < 4.78 is 5.47. The summed E-state index contributed by atoms with van der Waals surface area (Å²) in [5.74, 6) is 0.718. The zero-order chi connectivity index (χ0) is 13.8. The van der Waals surface area contributed by atoms with Gasteiger partial charge in [0.1, 0.15) is 10.7 Å². The Labute approximate surface area is 122 Å². The van der Waals surface area contributed by atoms with E-state index in [0.717, 1.165) is 27.8 Å². The molecule has 0 radical (unpaired) electrons. The summed E-state index contributed by atoms with van der Waals surface area (Å²) in [5.41, 5.74) is 2.14. The average Bonchev–Trinajstić information content (AvgIpc) is 2.97. The highest BCUT2D eigenvalue weighted by Crippen LogP contribution is 2.34. The van der Waals surface area contributed by atoms with E-state index in [1.807, 2.05) is 18.2 Å². The van der Waals surface area contributed by atoms with Crippen molar-refractivity contribution in [3.05, 3.63) is 60.6 Å². The topological polar surface area (TPSA) is 38.9 Å². The molecular formula is C16H14N2OS. The molecular weight excluding hydrogens is 268 g/mol. The third kappa shape index (κ3) is 2.75. The standard InChI is InChI=1S/C16H14N2OS/c1-2-12-6-8-13(9-7-12)20-16-15(19-11-18-16)14-5-3-4-10-17-14/h3-11H,2H2,1H3. The van der Waals surface area contributed by atoms with E-state index in [-0.39, 0.29) is 0 Å². The SMILES string of the molecule is CCc1ccc(Sc2ncoc2-c2ccccn2)cc1. The van der Waals surface area contributed by atoms with Gasteiger partial charge >= 0.3 is 0 Å². The van der Waals surface area contributed by atoms with Crippen LogP contribution in [0.3, 0.4) is 0 Å². The van der Waals surface area contributed by atoms with Gasteiger partial charge < -0.3 is 4.42 Å². The Morgan fingerprint density at radius 2 is 1.90 bits per heavy atom. The second kappa shape index (κ2) is 5.92. The lowest BCUT2D eigenvalue weighted by atomic mass is 10.2. The largest absolute Gasteiger partial charge is 0.441 e. The summed E-state index contributed by atoms with van der Waals surface area (Å²) in [6.45, 7) is 2.15. The Balaban J connectivity index is 1.86. The molecule has 0 bridgehead atoms. The van der Waals surface area contributed by atoms with Crippen molar-refractivity contribution in [1.29, 1.82) is 0 Å². The molecule has 0 atom stereocenters. The van der Waals surface area contributed by atoms with Crippen molar-refractivity contribution in [3.8, 4) is 11.5 Å². The first-order chi connectivity index (χ1) is 9.86. The van der Waals surface area contributed by atoms with Gasteiger partial charge in [-0.1, -0.05) is 36.9 Å². The van der Waals surface area contributed by atoms with Crippen molar-refractivity contribution < 1.29 is 4.42 Å². The van der Waals surface area contributed by atoms with Gasteiger partial charge in [-0.2, -0.15) is 0 Å². The van der Waals surface area contributed by atoms with Gasteiger partial charge in [-0.15, -0.1) is 0 Å². The van der Waals surface area contributed by atoms with E-state index in [9.17, 15) is 0 Å². The second-order valence-corrected chi connectivity index (χ2v) is 5.36. The van der Waals surface area contributed by atoms with Crippen LogP contribution < -0.4 is 0 Å². The number of oxazole rings is 1. The number of rotatable bonds is 4. The maximum absolute atomic E-state index is 5.47. The smallest absolute Gasteiger partial charge is 0.186 e. The minimum Gasteiger partial charge on any atom is -0.441 e. The fourth-order valence-electron chi connectivity index (χ4n) is 1.88. The molecule has 2 aromatic heterocycles. The van der Waals surface area contributed by atoms with Crippen LogP contribution in [0.25, 0.3) is 11.5 Å². The highest BCUT2D eigenvalue weighted by Gasteiger charge is 2.13. The molecule has 2 heterocycles. The van der Waals surface area contributed by atoms with Crippen LogP contribution in [0.4, 0.5) is 0 Å². The summed E-state index contributed by atoms with van der Waals surface area (Å²) in [4.78, 5) is 9.74. The Morgan fingerprint density at radius 3 is 2.60 bits per heavy atom. The maximum Gasteiger partial charge on any atom is 0.186 e. The molecule has 0 unspecified atom stereocenters. The minimum absolute atomic E-state index is 0.718. The van der Waals surface area contributed by atoms with E-state index in [4.69, 9.17) is 4.42 Å². The first-order valence-electron chi connectivity index (χ1n) is 6.48. The van der Waals surface area contributed by atoms with Crippen molar-refractivity contribution in [2.45, 2.75) is 23.3 Å². The number of hydrogen-bond acceptors (Lipinski definition) is 4. The molecule has 3 aromatic rings. The van der Waals surface area contributed by atoms with Crippen molar-refractivity contribution in [2.24, 2.45) is 0 Å². The predicted octanol–water partition coefficient (Wildman–Crippen LogP) is 4.45. The van der Waals surface area contributed by atoms with Crippen LogP contribution in [0.15, 0.2) is 69.4 Å². The van der Waals surface area contributed by atoms with Gasteiger partial charge in [-0.3, -0.25) is 4.98 Å². The van der Waals surface area contributed by atoms with E-state index >= 15 is 0 Å².